The number of carboxylic acid groups (broad SMARTS) is 1. The molecule has 0 saturated heterocycles. The predicted molar refractivity (Wildman–Crippen MR) is 174 cm³/mol. The number of amides is 3. The van der Waals surface area contributed by atoms with Gasteiger partial charge in [-0.15, -0.1) is 0 Å². The van der Waals surface area contributed by atoms with Gasteiger partial charge in [-0.05, 0) is 79.6 Å². The van der Waals surface area contributed by atoms with Crippen LogP contribution in [0.15, 0.2) is 78.9 Å². The first-order valence-electron chi connectivity index (χ1n) is 14.6. The van der Waals surface area contributed by atoms with Crippen LogP contribution in [0.2, 0.25) is 0 Å². The van der Waals surface area contributed by atoms with E-state index in [2.05, 4.69) is 16.0 Å². The summed E-state index contributed by atoms with van der Waals surface area (Å²) in [5.41, 5.74) is 0.253. The first-order chi connectivity index (χ1) is 23.0. The Morgan fingerprint density at radius 1 is 0.708 bits per heavy atom. The molecule has 1 aliphatic rings. The molecule has 0 bridgehead atoms. The maximum atomic E-state index is 13.8. The molecule has 1 heterocycles. The van der Waals surface area contributed by atoms with Gasteiger partial charge in [-0.3, -0.25) is 25.1 Å². The Balaban J connectivity index is 1.62. The van der Waals surface area contributed by atoms with E-state index in [1.165, 1.54) is 78.9 Å². The summed E-state index contributed by atoms with van der Waals surface area (Å²) >= 11 is 0. The van der Waals surface area contributed by atoms with Crippen LogP contribution in [0.5, 0.6) is 0 Å². The molecule has 4 aromatic carbocycles. The highest BCUT2D eigenvalue weighted by atomic mass is 16.5. The first kappa shape index (κ1) is 32.8. The molecule has 5 rings (SSSR count). The normalized spacial score (nSPS) is 11.6. The number of esters is 2. The highest BCUT2D eigenvalue weighted by molar-refractivity contribution is 6.23. The van der Waals surface area contributed by atoms with Crippen molar-refractivity contribution in [2.24, 2.45) is 0 Å². The van der Waals surface area contributed by atoms with Gasteiger partial charge in [0.2, 0.25) is 0 Å². The third-order valence-electron chi connectivity index (χ3n) is 7.24. The number of hydrogen-bond acceptors (Lipinski definition) is 9. The van der Waals surface area contributed by atoms with Gasteiger partial charge in [0.15, 0.2) is 0 Å². The van der Waals surface area contributed by atoms with Crippen LogP contribution in [0.25, 0.3) is 11.1 Å². The molecular weight excluding hydrogens is 620 g/mol. The molecular formula is C35H28N4O9. The first-order valence-corrected chi connectivity index (χ1v) is 14.6. The van der Waals surface area contributed by atoms with Gasteiger partial charge in [0, 0.05) is 16.9 Å². The van der Waals surface area contributed by atoms with Gasteiger partial charge in [-0.1, -0.05) is 24.3 Å². The van der Waals surface area contributed by atoms with Crippen molar-refractivity contribution in [3.05, 3.63) is 118 Å². The second-order valence-electron chi connectivity index (χ2n) is 10.3. The minimum atomic E-state index is -1.49. The molecule has 242 valence electrons. The molecule has 5 N–H and O–H groups in total. The fourth-order valence-electron chi connectivity index (χ4n) is 5.13. The minimum absolute atomic E-state index is 0.0441. The molecule has 0 saturated carbocycles. The van der Waals surface area contributed by atoms with Crippen molar-refractivity contribution in [2.75, 3.05) is 23.8 Å². The molecule has 48 heavy (non-hydrogen) atoms. The van der Waals surface area contributed by atoms with E-state index >= 15 is 0 Å². The Hall–Kier alpha value is -6.63. The second-order valence-corrected chi connectivity index (χ2v) is 10.3. The molecule has 0 radical (unpaired) electrons. The number of carbonyl (C=O) groups excluding carboxylic acids is 5. The van der Waals surface area contributed by atoms with Gasteiger partial charge in [0.25, 0.3) is 17.7 Å². The van der Waals surface area contributed by atoms with Crippen molar-refractivity contribution >= 4 is 52.8 Å². The molecule has 0 atom stereocenters. The topological polar surface area (TPSA) is 201 Å². The quantitative estimate of drug-likeness (QED) is 0.0676. The van der Waals surface area contributed by atoms with Crippen LogP contribution in [0, 0.1) is 5.41 Å². The smallest absolute Gasteiger partial charge is 0.338 e. The molecule has 13 heteroatoms. The van der Waals surface area contributed by atoms with Crippen molar-refractivity contribution < 1.29 is 43.3 Å². The van der Waals surface area contributed by atoms with Crippen molar-refractivity contribution in [1.29, 1.82) is 5.41 Å². The zero-order valence-electron chi connectivity index (χ0n) is 25.6. The highest BCUT2D eigenvalue weighted by Crippen LogP contribution is 2.33. The summed E-state index contributed by atoms with van der Waals surface area (Å²) in [5.74, 6) is -5.24. The molecule has 0 aliphatic carbocycles. The van der Waals surface area contributed by atoms with Gasteiger partial charge in [-0.2, -0.15) is 0 Å². The molecule has 0 unspecified atom stereocenters. The lowest BCUT2D eigenvalue weighted by Gasteiger charge is -2.19. The van der Waals surface area contributed by atoms with E-state index in [0.717, 1.165) is 0 Å². The Morgan fingerprint density at radius 3 is 1.85 bits per heavy atom. The number of aromatic carboxylic acids is 1. The number of benzene rings is 4. The van der Waals surface area contributed by atoms with Gasteiger partial charge < -0.3 is 25.2 Å². The van der Waals surface area contributed by atoms with E-state index < -0.39 is 47.0 Å². The van der Waals surface area contributed by atoms with Gasteiger partial charge in [-0.25, -0.2) is 14.4 Å². The number of rotatable bonds is 10. The van der Waals surface area contributed by atoms with Crippen LogP contribution in [-0.2, 0) is 9.47 Å². The average molecular weight is 649 g/mol. The summed E-state index contributed by atoms with van der Waals surface area (Å²) in [6.45, 7) is 3.59. The van der Waals surface area contributed by atoms with E-state index in [-0.39, 0.29) is 69.1 Å². The monoisotopic (exact) mass is 648 g/mol. The molecule has 0 aromatic heterocycles. The third kappa shape index (κ3) is 6.65. The van der Waals surface area contributed by atoms with E-state index in [1.54, 1.807) is 13.8 Å². The van der Waals surface area contributed by atoms with Crippen molar-refractivity contribution in [2.45, 2.75) is 13.8 Å². The number of amidine groups is 1. The average Bonchev–Trinajstić information content (AvgIpc) is 3.36. The van der Waals surface area contributed by atoms with E-state index in [0.29, 0.717) is 0 Å². The highest BCUT2D eigenvalue weighted by Gasteiger charge is 2.30. The molecule has 0 spiro atoms. The Bertz CT molecular complexity index is 2040. The van der Waals surface area contributed by atoms with Crippen LogP contribution in [-0.4, -0.2) is 59.8 Å². The van der Waals surface area contributed by atoms with E-state index in [9.17, 15) is 33.9 Å². The molecule has 4 aromatic rings. The number of carboxylic acids is 1. The number of carbonyl (C=O) groups is 6. The molecule has 1 aliphatic heterocycles. The second kappa shape index (κ2) is 13.8. The summed E-state index contributed by atoms with van der Waals surface area (Å²) in [7, 11) is 0. The third-order valence-corrected chi connectivity index (χ3v) is 7.24. The van der Waals surface area contributed by atoms with Gasteiger partial charge in [0.1, 0.15) is 5.84 Å². The SMILES string of the molecule is CCOC(=O)c1cccc(NC(=N)c2c(C(=O)Nc3cccc(C(=O)OCC)c3)ccc(-c3ccc4c(c3)C(=O)NC4=O)c2C(=O)O)c1. The largest absolute Gasteiger partial charge is 0.478 e. The van der Waals surface area contributed by atoms with E-state index in [1.807, 2.05) is 0 Å². The Morgan fingerprint density at radius 2 is 1.27 bits per heavy atom. The fraction of sp³-hybridized carbons (Fsp3) is 0.114. The number of fused-ring (bicyclic) bond motifs is 1. The zero-order valence-corrected chi connectivity index (χ0v) is 25.6. The predicted octanol–water partition coefficient (Wildman–Crippen LogP) is 4.98. The van der Waals surface area contributed by atoms with Crippen LogP contribution < -0.4 is 16.0 Å². The summed E-state index contributed by atoms with van der Waals surface area (Å²) in [5, 5.41) is 27.2. The number of nitrogens with one attached hydrogen (secondary N) is 4. The maximum Gasteiger partial charge on any atom is 0.338 e. The van der Waals surface area contributed by atoms with Crippen LogP contribution in [0.3, 0.4) is 0 Å². The van der Waals surface area contributed by atoms with E-state index in [4.69, 9.17) is 14.9 Å². The van der Waals surface area contributed by atoms with Crippen LogP contribution >= 0.6 is 0 Å². The standard InChI is InChI=1S/C35H28N4O9/c1-3-47-34(45)19-7-5-9-21(15-19)37-29(36)27-25(31(41)38-22-10-6-8-20(16-22)35(46)48-4-2)14-13-23(28(27)33(43)44)18-11-12-24-26(17-18)32(42)39-30(24)40/h5-17H,3-4H2,1-2H3,(H2,36,37)(H,38,41)(H,43,44)(H,39,40,42). The zero-order chi connectivity index (χ0) is 34.5. The lowest BCUT2D eigenvalue weighted by molar-refractivity contribution is 0.0517. The fourth-order valence-corrected chi connectivity index (χ4v) is 5.13. The van der Waals surface area contributed by atoms with Crippen LogP contribution in [0.1, 0.15) is 81.6 Å². The minimum Gasteiger partial charge on any atom is -0.478 e. The Labute approximate surface area is 273 Å². The molecule has 3 amide bonds. The maximum absolute atomic E-state index is 13.8. The van der Waals surface area contributed by atoms with Crippen molar-refractivity contribution in [3.63, 3.8) is 0 Å². The van der Waals surface area contributed by atoms with Crippen molar-refractivity contribution in [1.82, 2.24) is 5.32 Å². The van der Waals surface area contributed by atoms with Crippen molar-refractivity contribution in [3.8, 4) is 11.1 Å². The van der Waals surface area contributed by atoms with Crippen LogP contribution in [0.4, 0.5) is 11.4 Å². The summed E-state index contributed by atoms with van der Waals surface area (Å²) in [6, 6.07) is 18.8. The van der Waals surface area contributed by atoms with Gasteiger partial charge in [0.05, 0.1) is 46.6 Å². The number of imide groups is 1. The number of anilines is 2. The van der Waals surface area contributed by atoms with Gasteiger partial charge >= 0.3 is 17.9 Å². The summed E-state index contributed by atoms with van der Waals surface area (Å²) in [4.78, 5) is 75.8. The lowest BCUT2D eigenvalue weighted by Crippen LogP contribution is -2.24. The lowest BCUT2D eigenvalue weighted by atomic mass is 9.89. The molecule has 0 fully saturated rings. The summed E-state index contributed by atoms with van der Waals surface area (Å²) in [6.07, 6.45) is 0. The summed E-state index contributed by atoms with van der Waals surface area (Å²) < 4.78 is 10.1. The Kier molecular flexibility index (Phi) is 9.41. The molecule has 13 nitrogen and oxygen atoms in total. The number of ether oxygens (including phenoxy) is 2. The number of hydrogen-bond donors (Lipinski definition) is 5.